The summed E-state index contributed by atoms with van der Waals surface area (Å²) in [5, 5.41) is 6.92. The van der Waals surface area contributed by atoms with E-state index < -0.39 is 0 Å². The molecule has 1 aliphatic carbocycles. The number of fused-ring (bicyclic) bond motifs is 1. The first-order chi connectivity index (χ1) is 10.1. The van der Waals surface area contributed by atoms with Gasteiger partial charge in [-0.1, -0.05) is 45.4 Å². The minimum Gasteiger partial charge on any atom is -0.309 e. The summed E-state index contributed by atoms with van der Waals surface area (Å²) in [6, 6.07) is 3.42. The molecule has 3 rings (SSSR count). The Morgan fingerprint density at radius 2 is 2.14 bits per heavy atom. The molecule has 3 atom stereocenters. The van der Waals surface area contributed by atoms with E-state index >= 15 is 0 Å². The maximum absolute atomic E-state index is 12.6. The molecule has 0 spiro atoms. The molecule has 0 radical (unpaired) electrons. The van der Waals surface area contributed by atoms with E-state index in [1.807, 2.05) is 13.0 Å². The Kier molecular flexibility index (Phi) is 3.35. The maximum atomic E-state index is 12.6. The minimum absolute atomic E-state index is 0.0186. The highest BCUT2D eigenvalue weighted by Crippen LogP contribution is 2.69. The zero-order valence-electron chi connectivity index (χ0n) is 13.9. The first-order valence-electron chi connectivity index (χ1n) is 7.80. The van der Waals surface area contributed by atoms with Crippen molar-refractivity contribution in [1.82, 2.24) is 10.3 Å². The quantitative estimate of drug-likeness (QED) is 0.819. The molecular weight excluding hydrogens is 298 g/mol. The molecule has 22 heavy (non-hydrogen) atoms. The first-order valence-corrected chi connectivity index (χ1v) is 8.18. The highest BCUT2D eigenvalue weighted by atomic mass is 35.5. The number of nitrogens with one attached hydrogen (secondary N) is 2. The number of aromatic nitrogens is 1. The molecule has 1 aromatic heterocycles. The van der Waals surface area contributed by atoms with Crippen LogP contribution >= 0.6 is 11.6 Å². The molecule has 2 N–H and O–H groups in total. The summed E-state index contributed by atoms with van der Waals surface area (Å²) in [5.74, 6) is 0.532. The second-order valence-electron chi connectivity index (χ2n) is 8.08. The van der Waals surface area contributed by atoms with Crippen molar-refractivity contribution in [1.29, 1.82) is 0 Å². The Morgan fingerprint density at radius 1 is 1.45 bits per heavy atom. The van der Waals surface area contributed by atoms with Crippen LogP contribution in [0.4, 0.5) is 5.82 Å². The van der Waals surface area contributed by atoms with Crippen molar-refractivity contribution in [2.45, 2.75) is 59.0 Å². The number of amides is 1. The second kappa shape index (κ2) is 4.68. The largest absolute Gasteiger partial charge is 0.309 e. The normalized spacial score (nSPS) is 33.5. The lowest BCUT2D eigenvalue weighted by Gasteiger charge is -2.32. The lowest BCUT2D eigenvalue weighted by Crippen LogP contribution is -2.49. The van der Waals surface area contributed by atoms with Crippen LogP contribution in [0.5, 0.6) is 0 Å². The van der Waals surface area contributed by atoms with Crippen LogP contribution in [0, 0.1) is 17.8 Å². The Morgan fingerprint density at radius 3 is 2.73 bits per heavy atom. The van der Waals surface area contributed by atoms with Gasteiger partial charge in [0.25, 0.3) is 0 Å². The molecule has 0 aromatic carbocycles. The second-order valence-corrected chi connectivity index (χ2v) is 8.47. The lowest BCUT2D eigenvalue weighted by molar-refractivity contribution is -0.118. The van der Waals surface area contributed by atoms with Gasteiger partial charge in [-0.05, 0) is 42.2 Å². The average Bonchev–Trinajstić information content (AvgIpc) is 2.88. The van der Waals surface area contributed by atoms with E-state index in [0.717, 1.165) is 18.4 Å². The fraction of sp³-hybridized carbons (Fsp3) is 0.647. The van der Waals surface area contributed by atoms with Gasteiger partial charge in [-0.3, -0.25) is 10.1 Å². The van der Waals surface area contributed by atoms with E-state index in [2.05, 4.69) is 43.3 Å². The van der Waals surface area contributed by atoms with Gasteiger partial charge in [0.1, 0.15) is 11.0 Å². The number of carbonyl (C=O) groups is 1. The monoisotopic (exact) mass is 321 g/mol. The molecule has 1 saturated carbocycles. The van der Waals surface area contributed by atoms with Crippen molar-refractivity contribution in [2.24, 2.45) is 10.8 Å². The molecule has 120 valence electrons. The van der Waals surface area contributed by atoms with Gasteiger partial charge < -0.3 is 5.32 Å². The van der Waals surface area contributed by atoms with Crippen LogP contribution in [0.1, 0.15) is 46.1 Å². The van der Waals surface area contributed by atoms with Crippen LogP contribution < -0.4 is 10.6 Å². The number of anilines is 1. The van der Waals surface area contributed by atoms with Gasteiger partial charge in [-0.2, -0.15) is 0 Å². The van der Waals surface area contributed by atoms with Crippen LogP contribution in [0.15, 0.2) is 12.1 Å². The summed E-state index contributed by atoms with van der Waals surface area (Å²) < 4.78 is 0. The number of carbonyl (C=O) groups excluding carboxylic acids is 1. The van der Waals surface area contributed by atoms with Crippen LogP contribution in [-0.2, 0) is 4.79 Å². The SMILES string of the molecule is Cc1ccc(Cl)nc1NC(=O)C1CC2(C)CC2(C(C)(C)C)N1. The third-order valence-electron chi connectivity index (χ3n) is 5.54. The number of hydrogen-bond acceptors (Lipinski definition) is 3. The first kappa shape index (κ1) is 15.8. The van der Waals surface area contributed by atoms with Gasteiger partial charge in [0.2, 0.25) is 5.91 Å². The van der Waals surface area contributed by atoms with Crippen LogP contribution in [-0.4, -0.2) is 22.5 Å². The maximum Gasteiger partial charge on any atom is 0.242 e. The smallest absolute Gasteiger partial charge is 0.242 e. The zero-order chi connectivity index (χ0) is 16.3. The number of rotatable bonds is 2. The van der Waals surface area contributed by atoms with Gasteiger partial charge in [-0.15, -0.1) is 0 Å². The number of piperidine rings is 1. The average molecular weight is 322 g/mol. The fourth-order valence-corrected chi connectivity index (χ4v) is 4.34. The molecular formula is C17H24ClN3O. The van der Waals surface area contributed by atoms with Crippen molar-refractivity contribution in [3.63, 3.8) is 0 Å². The molecule has 2 aliphatic rings. The minimum atomic E-state index is -0.168. The zero-order valence-corrected chi connectivity index (χ0v) is 14.6. The third kappa shape index (κ3) is 2.24. The third-order valence-corrected chi connectivity index (χ3v) is 5.75. The standard InChI is InChI=1S/C17H24ClN3O/c1-10-6-7-12(18)19-13(10)20-14(22)11-8-16(5)9-17(16,21-11)15(2,3)4/h6-7,11,21H,8-9H2,1-5H3,(H,19,20,22). The van der Waals surface area contributed by atoms with Gasteiger partial charge in [0.15, 0.2) is 0 Å². The molecule has 2 fully saturated rings. The van der Waals surface area contributed by atoms with Gasteiger partial charge >= 0.3 is 0 Å². The molecule has 4 nitrogen and oxygen atoms in total. The summed E-state index contributed by atoms with van der Waals surface area (Å²) >= 11 is 5.92. The van der Waals surface area contributed by atoms with E-state index in [0.29, 0.717) is 11.0 Å². The van der Waals surface area contributed by atoms with E-state index in [4.69, 9.17) is 11.6 Å². The molecule has 1 aliphatic heterocycles. The van der Waals surface area contributed by atoms with E-state index in [-0.39, 0.29) is 28.3 Å². The Hall–Kier alpha value is -1.13. The van der Waals surface area contributed by atoms with E-state index in [1.54, 1.807) is 6.07 Å². The van der Waals surface area contributed by atoms with Gasteiger partial charge in [0, 0.05) is 5.54 Å². The molecule has 2 heterocycles. The Balaban J connectivity index is 1.75. The lowest BCUT2D eigenvalue weighted by atomic mass is 9.80. The molecule has 1 aromatic rings. The Bertz CT molecular complexity index is 639. The molecule has 5 heteroatoms. The highest BCUT2D eigenvalue weighted by molar-refractivity contribution is 6.29. The van der Waals surface area contributed by atoms with E-state index in [9.17, 15) is 4.79 Å². The Labute approximate surface area is 137 Å². The van der Waals surface area contributed by atoms with Crippen molar-refractivity contribution >= 4 is 23.3 Å². The predicted molar refractivity (Wildman–Crippen MR) is 89.1 cm³/mol. The van der Waals surface area contributed by atoms with Crippen molar-refractivity contribution in [2.75, 3.05) is 5.32 Å². The van der Waals surface area contributed by atoms with Crippen molar-refractivity contribution < 1.29 is 4.79 Å². The van der Waals surface area contributed by atoms with Gasteiger partial charge in [0.05, 0.1) is 6.04 Å². The van der Waals surface area contributed by atoms with Crippen LogP contribution in [0.3, 0.4) is 0 Å². The van der Waals surface area contributed by atoms with Crippen LogP contribution in [0.25, 0.3) is 0 Å². The van der Waals surface area contributed by atoms with Gasteiger partial charge in [-0.25, -0.2) is 4.98 Å². The topological polar surface area (TPSA) is 54.0 Å². The predicted octanol–water partition coefficient (Wildman–Crippen LogP) is 3.54. The van der Waals surface area contributed by atoms with Crippen molar-refractivity contribution in [3.05, 3.63) is 22.8 Å². The van der Waals surface area contributed by atoms with Crippen LogP contribution in [0.2, 0.25) is 5.15 Å². The summed E-state index contributed by atoms with van der Waals surface area (Å²) in [4.78, 5) is 16.8. The molecule has 0 bridgehead atoms. The summed E-state index contributed by atoms with van der Waals surface area (Å²) in [6.07, 6.45) is 2.01. The fourth-order valence-electron chi connectivity index (χ4n) is 4.19. The number of hydrogen-bond donors (Lipinski definition) is 2. The molecule has 3 unspecified atom stereocenters. The summed E-state index contributed by atoms with van der Waals surface area (Å²) in [5.41, 5.74) is 1.34. The number of halogens is 1. The number of aryl methyl sites for hydroxylation is 1. The van der Waals surface area contributed by atoms with E-state index in [1.165, 1.54) is 0 Å². The number of nitrogens with zero attached hydrogens (tertiary/aromatic N) is 1. The highest BCUT2D eigenvalue weighted by Gasteiger charge is 2.74. The molecule has 1 saturated heterocycles. The van der Waals surface area contributed by atoms with Crippen molar-refractivity contribution in [3.8, 4) is 0 Å². The molecule has 1 amide bonds. The summed E-state index contributed by atoms with van der Waals surface area (Å²) in [7, 11) is 0. The number of pyridine rings is 1. The summed E-state index contributed by atoms with van der Waals surface area (Å²) in [6.45, 7) is 10.9.